The van der Waals surface area contributed by atoms with Crippen molar-refractivity contribution in [1.82, 2.24) is 0 Å². The Morgan fingerprint density at radius 2 is 2.43 bits per heavy atom. The molecule has 1 aromatic carbocycles. The van der Waals surface area contributed by atoms with Crippen LogP contribution in [0.3, 0.4) is 0 Å². The summed E-state index contributed by atoms with van der Waals surface area (Å²) in [5.41, 5.74) is 2.18. The largest absolute Gasteiger partial charge is 0.493 e. The van der Waals surface area contributed by atoms with Crippen molar-refractivity contribution in [3.63, 3.8) is 0 Å². The number of aliphatic carboxylic acids is 1. The second kappa shape index (κ2) is 3.33. The molecule has 0 spiro atoms. The molecule has 1 N–H and O–H groups in total. The lowest BCUT2D eigenvalue weighted by Gasteiger charge is -2.04. The second-order valence-electron chi connectivity index (χ2n) is 3.65. The van der Waals surface area contributed by atoms with Crippen LogP contribution >= 0.6 is 0 Å². The first-order chi connectivity index (χ1) is 6.66. The topological polar surface area (TPSA) is 46.5 Å². The molecule has 3 heteroatoms. The molecule has 1 aromatic rings. The van der Waals surface area contributed by atoms with E-state index in [-0.39, 0.29) is 12.3 Å². The number of ether oxygens (including phenoxy) is 1. The number of carbonyl (C=O) groups is 1. The Hall–Kier alpha value is -1.51. The predicted octanol–water partition coefficient (Wildman–Crippen LogP) is 1.95. The zero-order chi connectivity index (χ0) is 10.1. The first-order valence-electron chi connectivity index (χ1n) is 4.62. The van der Waals surface area contributed by atoms with E-state index in [2.05, 4.69) is 0 Å². The van der Waals surface area contributed by atoms with Crippen LogP contribution in [-0.4, -0.2) is 17.7 Å². The van der Waals surface area contributed by atoms with Crippen LogP contribution < -0.4 is 4.74 Å². The molecule has 0 radical (unpaired) electrons. The maximum atomic E-state index is 10.6. The highest BCUT2D eigenvalue weighted by Crippen LogP contribution is 2.36. The summed E-state index contributed by atoms with van der Waals surface area (Å²) in [5.74, 6) is 0.0807. The Balaban J connectivity index is 2.28. The molecular formula is C11H12O3. The molecule has 1 atom stereocenters. The highest BCUT2D eigenvalue weighted by Gasteiger charge is 2.25. The quantitative estimate of drug-likeness (QED) is 0.779. The molecule has 0 unspecified atom stereocenters. The smallest absolute Gasteiger partial charge is 0.304 e. The number of benzene rings is 1. The number of carboxylic acid groups (broad SMARTS) is 1. The third-order valence-electron chi connectivity index (χ3n) is 2.47. The van der Waals surface area contributed by atoms with Gasteiger partial charge in [0.05, 0.1) is 13.0 Å². The summed E-state index contributed by atoms with van der Waals surface area (Å²) in [6.45, 7) is 2.49. The molecule has 1 aliphatic heterocycles. The van der Waals surface area contributed by atoms with E-state index < -0.39 is 5.97 Å². The molecule has 0 amide bonds. The number of hydrogen-bond acceptors (Lipinski definition) is 2. The van der Waals surface area contributed by atoms with Crippen LogP contribution in [0.5, 0.6) is 5.75 Å². The van der Waals surface area contributed by atoms with Crippen molar-refractivity contribution in [2.45, 2.75) is 19.3 Å². The van der Waals surface area contributed by atoms with E-state index in [0.717, 1.165) is 16.9 Å². The van der Waals surface area contributed by atoms with Crippen molar-refractivity contribution in [2.75, 3.05) is 6.61 Å². The van der Waals surface area contributed by atoms with Crippen LogP contribution in [0, 0.1) is 6.92 Å². The molecule has 0 saturated heterocycles. The van der Waals surface area contributed by atoms with Gasteiger partial charge in [-0.05, 0) is 13.0 Å². The van der Waals surface area contributed by atoms with Crippen LogP contribution in [0.2, 0.25) is 0 Å². The van der Waals surface area contributed by atoms with Crippen LogP contribution in [0.4, 0.5) is 0 Å². The van der Waals surface area contributed by atoms with Gasteiger partial charge in [-0.1, -0.05) is 17.7 Å². The molecule has 14 heavy (non-hydrogen) atoms. The van der Waals surface area contributed by atoms with E-state index in [4.69, 9.17) is 9.84 Å². The van der Waals surface area contributed by atoms with Gasteiger partial charge >= 0.3 is 5.97 Å². The molecule has 2 rings (SSSR count). The monoisotopic (exact) mass is 192 g/mol. The van der Waals surface area contributed by atoms with E-state index in [1.54, 1.807) is 0 Å². The number of carboxylic acids is 1. The van der Waals surface area contributed by atoms with Gasteiger partial charge in [-0.2, -0.15) is 0 Å². The Labute approximate surface area is 82.3 Å². The molecule has 0 fully saturated rings. The molecular weight excluding hydrogens is 180 g/mol. The van der Waals surface area contributed by atoms with E-state index in [1.807, 2.05) is 25.1 Å². The minimum atomic E-state index is -0.770. The summed E-state index contributed by atoms with van der Waals surface area (Å²) < 4.78 is 5.40. The minimum absolute atomic E-state index is 0.0161. The molecule has 0 aromatic heterocycles. The zero-order valence-corrected chi connectivity index (χ0v) is 7.99. The first kappa shape index (κ1) is 9.06. The number of aryl methyl sites for hydroxylation is 1. The molecule has 3 nitrogen and oxygen atoms in total. The lowest BCUT2D eigenvalue weighted by Crippen LogP contribution is -2.07. The predicted molar refractivity (Wildman–Crippen MR) is 51.7 cm³/mol. The normalized spacial score (nSPS) is 18.8. The van der Waals surface area contributed by atoms with Crippen molar-refractivity contribution in [3.8, 4) is 5.75 Å². The molecule has 1 aliphatic rings. The fourth-order valence-electron chi connectivity index (χ4n) is 1.78. The number of fused-ring (bicyclic) bond motifs is 1. The minimum Gasteiger partial charge on any atom is -0.493 e. The molecule has 1 heterocycles. The average molecular weight is 192 g/mol. The van der Waals surface area contributed by atoms with E-state index in [9.17, 15) is 4.79 Å². The van der Waals surface area contributed by atoms with Gasteiger partial charge in [0.1, 0.15) is 5.75 Å². The molecule has 74 valence electrons. The van der Waals surface area contributed by atoms with E-state index >= 15 is 0 Å². The van der Waals surface area contributed by atoms with Gasteiger partial charge in [-0.3, -0.25) is 4.79 Å². The van der Waals surface area contributed by atoms with Crippen molar-refractivity contribution >= 4 is 5.97 Å². The summed E-state index contributed by atoms with van der Waals surface area (Å²) in [7, 11) is 0. The van der Waals surface area contributed by atoms with Crippen LogP contribution in [0.25, 0.3) is 0 Å². The van der Waals surface area contributed by atoms with Crippen LogP contribution in [0.1, 0.15) is 23.5 Å². The summed E-state index contributed by atoms with van der Waals surface area (Å²) >= 11 is 0. The Morgan fingerprint density at radius 1 is 1.64 bits per heavy atom. The molecule has 0 aliphatic carbocycles. The third-order valence-corrected chi connectivity index (χ3v) is 2.47. The summed E-state index contributed by atoms with van der Waals surface area (Å²) in [4.78, 5) is 10.6. The first-order valence-corrected chi connectivity index (χ1v) is 4.62. The highest BCUT2D eigenvalue weighted by molar-refractivity contribution is 5.68. The maximum Gasteiger partial charge on any atom is 0.304 e. The second-order valence-corrected chi connectivity index (χ2v) is 3.65. The highest BCUT2D eigenvalue weighted by atomic mass is 16.5. The van der Waals surface area contributed by atoms with Gasteiger partial charge in [0.25, 0.3) is 0 Å². The standard InChI is InChI=1S/C11H12O3/c1-7-2-3-10-9(4-7)8(6-14-10)5-11(12)13/h2-4,8H,5-6H2,1H3,(H,12,13)/t8-/m1/s1. The van der Waals surface area contributed by atoms with Gasteiger partial charge in [0, 0.05) is 11.5 Å². The maximum absolute atomic E-state index is 10.6. The fourth-order valence-corrected chi connectivity index (χ4v) is 1.78. The van der Waals surface area contributed by atoms with Gasteiger partial charge < -0.3 is 9.84 Å². The van der Waals surface area contributed by atoms with Crippen LogP contribution in [-0.2, 0) is 4.79 Å². The lowest BCUT2D eigenvalue weighted by molar-refractivity contribution is -0.137. The number of rotatable bonds is 2. The Morgan fingerprint density at radius 3 is 3.14 bits per heavy atom. The van der Waals surface area contributed by atoms with Gasteiger partial charge in [-0.25, -0.2) is 0 Å². The fraction of sp³-hybridized carbons (Fsp3) is 0.364. The third kappa shape index (κ3) is 1.58. The SMILES string of the molecule is Cc1ccc2c(c1)[C@H](CC(=O)O)CO2. The lowest BCUT2D eigenvalue weighted by atomic mass is 9.96. The average Bonchev–Trinajstić information content (AvgIpc) is 2.47. The van der Waals surface area contributed by atoms with E-state index in [1.165, 1.54) is 0 Å². The van der Waals surface area contributed by atoms with Gasteiger partial charge in [0.15, 0.2) is 0 Å². The van der Waals surface area contributed by atoms with Gasteiger partial charge in [-0.15, -0.1) is 0 Å². The number of hydrogen-bond donors (Lipinski definition) is 1. The van der Waals surface area contributed by atoms with E-state index in [0.29, 0.717) is 6.61 Å². The van der Waals surface area contributed by atoms with Crippen molar-refractivity contribution in [2.24, 2.45) is 0 Å². The Bertz CT molecular complexity index is 371. The van der Waals surface area contributed by atoms with Crippen LogP contribution in [0.15, 0.2) is 18.2 Å². The van der Waals surface area contributed by atoms with Crippen molar-refractivity contribution < 1.29 is 14.6 Å². The van der Waals surface area contributed by atoms with Gasteiger partial charge in [0.2, 0.25) is 0 Å². The zero-order valence-electron chi connectivity index (χ0n) is 7.99. The molecule has 0 saturated carbocycles. The van der Waals surface area contributed by atoms with Crippen molar-refractivity contribution in [3.05, 3.63) is 29.3 Å². The Kier molecular flexibility index (Phi) is 2.15. The summed E-state index contributed by atoms with van der Waals surface area (Å²) in [6.07, 6.45) is 0.149. The summed E-state index contributed by atoms with van der Waals surface area (Å²) in [5, 5.41) is 8.71. The summed E-state index contributed by atoms with van der Waals surface area (Å²) in [6, 6.07) is 5.89. The molecule has 0 bridgehead atoms. The van der Waals surface area contributed by atoms with Crippen molar-refractivity contribution in [1.29, 1.82) is 0 Å².